The van der Waals surface area contributed by atoms with Gasteiger partial charge < -0.3 is 0 Å². The van der Waals surface area contributed by atoms with Gasteiger partial charge in [0, 0.05) is 0 Å². The summed E-state index contributed by atoms with van der Waals surface area (Å²) in [4.78, 5) is 0. The van der Waals surface area contributed by atoms with Crippen LogP contribution in [0.1, 0.15) is 78.6 Å². The van der Waals surface area contributed by atoms with Crippen LogP contribution in [-0.2, 0) is 0 Å². The van der Waals surface area contributed by atoms with E-state index in [0.717, 1.165) is 0 Å². The second-order valence-electron chi connectivity index (χ2n) is 4.55. The molecule has 0 N–H and O–H groups in total. The van der Waals surface area contributed by atoms with Gasteiger partial charge >= 0.3 is 0 Å². The van der Waals surface area contributed by atoms with Gasteiger partial charge in [-0.05, 0) is 26.7 Å². The lowest BCUT2D eigenvalue weighted by Crippen LogP contribution is -1.80. The summed E-state index contributed by atoms with van der Waals surface area (Å²) < 4.78 is 0. The van der Waals surface area contributed by atoms with E-state index < -0.39 is 0 Å². The normalized spacial score (nSPS) is 10.2. The van der Waals surface area contributed by atoms with Crippen LogP contribution in [0.2, 0.25) is 0 Å². The average molecular weight is 196 g/mol. The maximum absolute atomic E-state index is 2.36. The summed E-state index contributed by atoms with van der Waals surface area (Å²) in [6.07, 6.45) is 15.1. The molecule has 0 heterocycles. The van der Waals surface area contributed by atoms with E-state index in [4.69, 9.17) is 0 Å². The van der Waals surface area contributed by atoms with Crippen molar-refractivity contribution in [3.63, 3.8) is 0 Å². The summed E-state index contributed by atoms with van der Waals surface area (Å²) in [6, 6.07) is 0. The lowest BCUT2D eigenvalue weighted by atomic mass is 10.1. The summed E-state index contributed by atoms with van der Waals surface area (Å²) in [6.45, 7) is 6.65. The lowest BCUT2D eigenvalue weighted by Gasteiger charge is -2.00. The Morgan fingerprint density at radius 3 is 1.79 bits per heavy atom. The third kappa shape index (κ3) is 11.7. The Labute approximate surface area is 90.8 Å². The molecule has 0 aromatic heterocycles. The van der Waals surface area contributed by atoms with E-state index in [1.807, 2.05) is 0 Å². The van der Waals surface area contributed by atoms with Crippen molar-refractivity contribution < 1.29 is 0 Å². The predicted molar refractivity (Wildman–Crippen MR) is 66.7 cm³/mol. The zero-order chi connectivity index (χ0) is 10.6. The smallest absolute Gasteiger partial charge is 0.0348 e. The molecule has 0 rings (SSSR count). The molecule has 0 aliphatic heterocycles. The van der Waals surface area contributed by atoms with Crippen LogP contribution in [0.5, 0.6) is 0 Å². The molecule has 0 atom stereocenters. The molecule has 14 heavy (non-hydrogen) atoms. The maximum Gasteiger partial charge on any atom is -0.0348 e. The molecule has 0 amide bonds. The van der Waals surface area contributed by atoms with Crippen LogP contribution in [0, 0.1) is 0 Å². The Balaban J connectivity index is 2.96. The highest BCUT2D eigenvalue weighted by atomic mass is 14.0. The fourth-order valence-corrected chi connectivity index (χ4v) is 1.67. The predicted octanol–water partition coefficient (Wildman–Crippen LogP) is 5.48. The summed E-state index contributed by atoms with van der Waals surface area (Å²) in [5.41, 5.74) is 1.47. The van der Waals surface area contributed by atoms with Crippen molar-refractivity contribution in [1.82, 2.24) is 0 Å². The summed E-state index contributed by atoms with van der Waals surface area (Å²) in [7, 11) is 0. The molecule has 84 valence electrons. The monoisotopic (exact) mass is 196 g/mol. The third-order valence-electron chi connectivity index (χ3n) is 2.61. The van der Waals surface area contributed by atoms with Gasteiger partial charge in [-0.15, -0.1) is 0 Å². The second-order valence-corrected chi connectivity index (χ2v) is 4.55. The number of rotatable bonds is 9. The topological polar surface area (TPSA) is 0 Å². The first kappa shape index (κ1) is 13.7. The lowest BCUT2D eigenvalue weighted by molar-refractivity contribution is 0.577. The summed E-state index contributed by atoms with van der Waals surface area (Å²) in [5, 5.41) is 0. The van der Waals surface area contributed by atoms with Crippen molar-refractivity contribution in [2.75, 3.05) is 0 Å². The Hall–Kier alpha value is -0.260. The summed E-state index contributed by atoms with van der Waals surface area (Å²) >= 11 is 0. The fourth-order valence-electron chi connectivity index (χ4n) is 1.67. The minimum atomic E-state index is 1.29. The molecule has 0 unspecified atom stereocenters. The first-order valence-corrected chi connectivity index (χ1v) is 6.40. The summed E-state index contributed by atoms with van der Waals surface area (Å²) in [5.74, 6) is 0. The highest BCUT2D eigenvalue weighted by molar-refractivity contribution is 4.92. The van der Waals surface area contributed by atoms with E-state index in [0.29, 0.717) is 0 Å². The van der Waals surface area contributed by atoms with E-state index in [9.17, 15) is 0 Å². The average Bonchev–Trinajstić information content (AvgIpc) is 2.15. The maximum atomic E-state index is 2.36. The number of allylic oxidation sites excluding steroid dienone is 2. The number of hydrogen-bond acceptors (Lipinski definition) is 0. The highest BCUT2D eigenvalue weighted by Crippen LogP contribution is 2.10. The van der Waals surface area contributed by atoms with Crippen LogP contribution in [0.3, 0.4) is 0 Å². The molecule has 0 heteroatoms. The van der Waals surface area contributed by atoms with Gasteiger partial charge in [-0.1, -0.05) is 63.5 Å². The molecule has 0 aliphatic rings. The minimum Gasteiger partial charge on any atom is -0.0859 e. The van der Waals surface area contributed by atoms with Gasteiger partial charge in [0.15, 0.2) is 0 Å². The van der Waals surface area contributed by atoms with Gasteiger partial charge in [-0.2, -0.15) is 0 Å². The number of unbranched alkanes of at least 4 members (excludes halogenated alkanes) is 8. The molecule has 0 aromatic rings. The fraction of sp³-hybridized carbons (Fsp3) is 0.857. The molecule has 0 spiro atoms. The molecule has 0 fully saturated rings. The SMILES string of the molecule is CCCCCCCCCCC=C(C)C. The van der Waals surface area contributed by atoms with Gasteiger partial charge in [-0.25, -0.2) is 0 Å². The van der Waals surface area contributed by atoms with Crippen molar-refractivity contribution in [2.45, 2.75) is 78.6 Å². The van der Waals surface area contributed by atoms with Gasteiger partial charge in [0.1, 0.15) is 0 Å². The largest absolute Gasteiger partial charge is 0.0859 e. The first-order chi connectivity index (χ1) is 6.77. The van der Waals surface area contributed by atoms with Crippen molar-refractivity contribution >= 4 is 0 Å². The first-order valence-electron chi connectivity index (χ1n) is 6.40. The molecule has 0 aromatic carbocycles. The molecule has 0 radical (unpaired) electrons. The molecular weight excluding hydrogens is 168 g/mol. The minimum absolute atomic E-state index is 1.29. The zero-order valence-corrected chi connectivity index (χ0v) is 10.4. The van der Waals surface area contributed by atoms with Crippen LogP contribution in [0.15, 0.2) is 11.6 Å². The standard InChI is InChI=1S/C14H28/c1-4-5-6-7-8-9-10-11-12-13-14(2)3/h13H,4-12H2,1-3H3. The molecule has 0 aliphatic carbocycles. The Morgan fingerprint density at radius 2 is 1.29 bits per heavy atom. The molecule has 0 saturated carbocycles. The van der Waals surface area contributed by atoms with Crippen molar-refractivity contribution in [2.24, 2.45) is 0 Å². The third-order valence-corrected chi connectivity index (χ3v) is 2.61. The highest BCUT2D eigenvalue weighted by Gasteiger charge is 1.90. The Morgan fingerprint density at radius 1 is 0.786 bits per heavy atom. The van der Waals surface area contributed by atoms with Gasteiger partial charge in [0.2, 0.25) is 0 Å². The van der Waals surface area contributed by atoms with Crippen molar-refractivity contribution in [3.8, 4) is 0 Å². The molecule has 0 nitrogen and oxygen atoms in total. The Kier molecular flexibility index (Phi) is 10.6. The Bertz CT molecular complexity index is 129. The van der Waals surface area contributed by atoms with Crippen LogP contribution < -0.4 is 0 Å². The van der Waals surface area contributed by atoms with E-state index in [1.165, 1.54) is 63.4 Å². The van der Waals surface area contributed by atoms with Crippen molar-refractivity contribution in [3.05, 3.63) is 11.6 Å². The molecule has 0 saturated heterocycles. The second kappa shape index (κ2) is 10.8. The molecule has 0 bridgehead atoms. The van der Waals surface area contributed by atoms with Crippen LogP contribution >= 0.6 is 0 Å². The quantitative estimate of drug-likeness (QED) is 0.338. The van der Waals surface area contributed by atoms with E-state index in [2.05, 4.69) is 26.8 Å². The van der Waals surface area contributed by atoms with Crippen LogP contribution in [0.25, 0.3) is 0 Å². The van der Waals surface area contributed by atoms with Gasteiger partial charge in [0.25, 0.3) is 0 Å². The van der Waals surface area contributed by atoms with Crippen LogP contribution in [-0.4, -0.2) is 0 Å². The van der Waals surface area contributed by atoms with E-state index in [1.54, 1.807) is 0 Å². The molecular formula is C14H28. The van der Waals surface area contributed by atoms with Gasteiger partial charge in [0.05, 0.1) is 0 Å². The number of hydrogen-bond donors (Lipinski definition) is 0. The van der Waals surface area contributed by atoms with E-state index in [-0.39, 0.29) is 0 Å². The van der Waals surface area contributed by atoms with E-state index >= 15 is 0 Å². The van der Waals surface area contributed by atoms with Crippen LogP contribution in [0.4, 0.5) is 0 Å². The van der Waals surface area contributed by atoms with Gasteiger partial charge in [-0.3, -0.25) is 0 Å². The zero-order valence-electron chi connectivity index (χ0n) is 10.4. The van der Waals surface area contributed by atoms with Crippen molar-refractivity contribution in [1.29, 1.82) is 0 Å².